The van der Waals surface area contributed by atoms with Crippen LogP contribution in [0.1, 0.15) is 12.5 Å². The average molecular weight is 354 g/mol. The fourth-order valence-electron chi connectivity index (χ4n) is 2.42. The molecule has 4 heteroatoms. The second-order valence-corrected chi connectivity index (χ2v) is 6.39. The Hall–Kier alpha value is -2.49. The number of hydrogen-bond donors (Lipinski definition) is 1. The smallest absolute Gasteiger partial charge is 0.127 e. The van der Waals surface area contributed by atoms with E-state index in [0.29, 0.717) is 5.02 Å². The second-order valence-electron chi connectivity index (χ2n) is 5.95. The van der Waals surface area contributed by atoms with Crippen molar-refractivity contribution in [1.82, 2.24) is 0 Å². The van der Waals surface area contributed by atoms with Gasteiger partial charge in [-0.3, -0.25) is 0 Å². The molecular weight excluding hydrogens is 334 g/mol. The van der Waals surface area contributed by atoms with E-state index in [4.69, 9.17) is 26.8 Å². The Morgan fingerprint density at radius 2 is 1.08 bits per heavy atom. The monoisotopic (exact) mass is 353 g/mol. The first-order chi connectivity index (χ1) is 12.1. The molecule has 2 N–H and O–H groups in total. The van der Waals surface area contributed by atoms with E-state index in [9.17, 15) is 0 Å². The summed E-state index contributed by atoms with van der Waals surface area (Å²) < 4.78 is 11.6. The molecule has 3 aromatic carbocycles. The van der Waals surface area contributed by atoms with Crippen LogP contribution in [0.5, 0.6) is 23.0 Å². The van der Waals surface area contributed by atoms with Gasteiger partial charge in [0, 0.05) is 11.1 Å². The Labute approximate surface area is 153 Å². The number of hydrogen-bond acceptors (Lipinski definition) is 3. The molecule has 3 nitrogen and oxygen atoms in total. The normalized spacial score (nSPS) is 11.8. The predicted octanol–water partition coefficient (Wildman–Crippen LogP) is 5.81. The number of nitrogens with two attached hydrogens (primary N) is 1. The molecule has 0 aliphatic rings. The lowest BCUT2D eigenvalue weighted by atomic mass is 10.1. The summed E-state index contributed by atoms with van der Waals surface area (Å²) in [5, 5.41) is 0.683. The third-order valence-electron chi connectivity index (χ3n) is 3.59. The molecule has 0 aliphatic heterocycles. The van der Waals surface area contributed by atoms with E-state index in [1.807, 2.05) is 67.6 Å². The second kappa shape index (κ2) is 8.06. The summed E-state index contributed by atoms with van der Waals surface area (Å²) >= 11 is 5.87. The first-order valence-electron chi connectivity index (χ1n) is 8.14. The highest BCUT2D eigenvalue weighted by Crippen LogP contribution is 2.27. The maximum Gasteiger partial charge on any atom is 0.127 e. The van der Waals surface area contributed by atoms with Crippen molar-refractivity contribution in [2.75, 3.05) is 0 Å². The Bertz CT molecular complexity index is 797. The van der Waals surface area contributed by atoms with Gasteiger partial charge in [0.15, 0.2) is 0 Å². The van der Waals surface area contributed by atoms with Crippen molar-refractivity contribution in [2.24, 2.45) is 5.73 Å². The van der Waals surface area contributed by atoms with Gasteiger partial charge >= 0.3 is 0 Å². The highest BCUT2D eigenvalue weighted by molar-refractivity contribution is 6.30. The molecule has 0 spiro atoms. The Kier molecular flexibility index (Phi) is 5.59. The van der Waals surface area contributed by atoms with Crippen LogP contribution in [-0.2, 0) is 6.42 Å². The van der Waals surface area contributed by atoms with Gasteiger partial charge < -0.3 is 15.2 Å². The lowest BCUT2D eigenvalue weighted by Gasteiger charge is -2.09. The van der Waals surface area contributed by atoms with Crippen molar-refractivity contribution in [3.8, 4) is 23.0 Å². The Balaban J connectivity index is 1.61. The summed E-state index contributed by atoms with van der Waals surface area (Å²) in [7, 11) is 0. The largest absolute Gasteiger partial charge is 0.457 e. The molecular formula is C21H20ClNO2. The molecule has 3 rings (SSSR count). The lowest BCUT2D eigenvalue weighted by molar-refractivity contribution is 0.469. The van der Waals surface area contributed by atoms with Crippen LogP contribution in [-0.4, -0.2) is 6.04 Å². The summed E-state index contributed by atoms with van der Waals surface area (Å²) in [4.78, 5) is 0. The molecule has 3 aromatic rings. The molecule has 0 bridgehead atoms. The first kappa shape index (κ1) is 17.3. The van der Waals surface area contributed by atoms with Gasteiger partial charge in [-0.25, -0.2) is 0 Å². The standard InChI is InChI=1S/C21H20ClNO2/c1-15(23)14-16-2-6-18(7-3-16)24-20-10-12-21(13-11-20)25-19-8-4-17(22)5-9-19/h2-13,15H,14,23H2,1H3. The number of ether oxygens (including phenoxy) is 2. The van der Waals surface area contributed by atoms with E-state index < -0.39 is 0 Å². The van der Waals surface area contributed by atoms with Crippen molar-refractivity contribution in [3.63, 3.8) is 0 Å². The molecule has 0 aliphatic carbocycles. The van der Waals surface area contributed by atoms with E-state index in [0.717, 1.165) is 29.4 Å². The van der Waals surface area contributed by atoms with Crippen molar-refractivity contribution in [3.05, 3.63) is 83.4 Å². The van der Waals surface area contributed by atoms with E-state index in [1.54, 1.807) is 12.1 Å². The van der Waals surface area contributed by atoms with Gasteiger partial charge in [0.2, 0.25) is 0 Å². The van der Waals surface area contributed by atoms with Gasteiger partial charge in [-0.05, 0) is 79.6 Å². The Morgan fingerprint density at radius 3 is 1.48 bits per heavy atom. The fourth-order valence-corrected chi connectivity index (χ4v) is 2.54. The molecule has 1 atom stereocenters. The zero-order valence-electron chi connectivity index (χ0n) is 14.0. The number of rotatable bonds is 6. The number of benzene rings is 3. The van der Waals surface area contributed by atoms with Crippen LogP contribution >= 0.6 is 11.6 Å². The molecule has 0 radical (unpaired) electrons. The van der Waals surface area contributed by atoms with Crippen LogP contribution in [0, 0.1) is 0 Å². The average Bonchev–Trinajstić information content (AvgIpc) is 2.60. The van der Waals surface area contributed by atoms with Gasteiger partial charge in [-0.2, -0.15) is 0 Å². The molecule has 0 amide bonds. The van der Waals surface area contributed by atoms with Gasteiger partial charge in [-0.1, -0.05) is 23.7 Å². The van der Waals surface area contributed by atoms with Crippen molar-refractivity contribution < 1.29 is 9.47 Å². The van der Waals surface area contributed by atoms with Crippen molar-refractivity contribution in [1.29, 1.82) is 0 Å². The highest BCUT2D eigenvalue weighted by atomic mass is 35.5. The molecule has 0 aromatic heterocycles. The zero-order chi connectivity index (χ0) is 17.6. The highest BCUT2D eigenvalue weighted by Gasteiger charge is 2.02. The maximum absolute atomic E-state index is 5.87. The minimum absolute atomic E-state index is 0.153. The zero-order valence-corrected chi connectivity index (χ0v) is 14.7. The topological polar surface area (TPSA) is 44.5 Å². The van der Waals surface area contributed by atoms with E-state index in [2.05, 4.69) is 0 Å². The minimum Gasteiger partial charge on any atom is -0.457 e. The lowest BCUT2D eigenvalue weighted by Crippen LogP contribution is -2.17. The molecule has 0 saturated carbocycles. The molecule has 25 heavy (non-hydrogen) atoms. The van der Waals surface area contributed by atoms with Crippen LogP contribution in [0.2, 0.25) is 5.02 Å². The quantitative estimate of drug-likeness (QED) is 0.607. The summed E-state index contributed by atoms with van der Waals surface area (Å²) in [5.41, 5.74) is 7.02. The summed E-state index contributed by atoms with van der Waals surface area (Å²) in [6.07, 6.45) is 0.858. The minimum atomic E-state index is 0.153. The van der Waals surface area contributed by atoms with Crippen LogP contribution in [0.15, 0.2) is 72.8 Å². The van der Waals surface area contributed by atoms with Crippen LogP contribution < -0.4 is 15.2 Å². The van der Waals surface area contributed by atoms with Crippen LogP contribution in [0.25, 0.3) is 0 Å². The first-order valence-corrected chi connectivity index (χ1v) is 8.52. The number of halogens is 1. The maximum atomic E-state index is 5.87. The van der Waals surface area contributed by atoms with Crippen LogP contribution in [0.4, 0.5) is 0 Å². The van der Waals surface area contributed by atoms with E-state index in [-0.39, 0.29) is 6.04 Å². The van der Waals surface area contributed by atoms with Gasteiger partial charge in [-0.15, -0.1) is 0 Å². The van der Waals surface area contributed by atoms with Gasteiger partial charge in [0.25, 0.3) is 0 Å². The summed E-state index contributed by atoms with van der Waals surface area (Å²) in [6, 6.07) is 22.9. The fraction of sp³-hybridized carbons (Fsp3) is 0.143. The van der Waals surface area contributed by atoms with E-state index in [1.165, 1.54) is 5.56 Å². The summed E-state index contributed by atoms with van der Waals surface area (Å²) in [5.74, 6) is 3.02. The molecule has 128 valence electrons. The third-order valence-corrected chi connectivity index (χ3v) is 3.84. The third kappa shape index (κ3) is 5.24. The molecule has 0 heterocycles. The summed E-state index contributed by atoms with van der Waals surface area (Å²) in [6.45, 7) is 2.00. The van der Waals surface area contributed by atoms with Crippen LogP contribution in [0.3, 0.4) is 0 Å². The molecule has 1 unspecified atom stereocenters. The SMILES string of the molecule is CC(N)Cc1ccc(Oc2ccc(Oc3ccc(Cl)cc3)cc2)cc1. The van der Waals surface area contributed by atoms with Crippen molar-refractivity contribution in [2.45, 2.75) is 19.4 Å². The predicted molar refractivity (Wildman–Crippen MR) is 102 cm³/mol. The molecule has 0 fully saturated rings. The van der Waals surface area contributed by atoms with E-state index >= 15 is 0 Å². The van der Waals surface area contributed by atoms with Crippen molar-refractivity contribution >= 4 is 11.6 Å². The van der Waals surface area contributed by atoms with Gasteiger partial charge in [0.05, 0.1) is 0 Å². The Morgan fingerprint density at radius 1 is 0.720 bits per heavy atom. The molecule has 0 saturated heterocycles. The van der Waals surface area contributed by atoms with Gasteiger partial charge in [0.1, 0.15) is 23.0 Å².